The van der Waals surface area contributed by atoms with Crippen molar-refractivity contribution in [1.82, 2.24) is 9.97 Å². The Balaban J connectivity index is 1.81. The molecule has 0 saturated heterocycles. The largest absolute Gasteiger partial charge is 0.411 e. The molecule has 0 spiro atoms. The van der Waals surface area contributed by atoms with Gasteiger partial charge in [-0.2, -0.15) is 0 Å². The lowest BCUT2D eigenvalue weighted by Gasteiger charge is -2.10. The minimum atomic E-state index is 0.435. The number of nitrogens with two attached hydrogens (primary N) is 1. The molecule has 0 aliphatic rings. The summed E-state index contributed by atoms with van der Waals surface area (Å²) in [7, 11) is 0. The highest BCUT2D eigenvalue weighted by Crippen LogP contribution is 2.19. The van der Waals surface area contributed by atoms with Gasteiger partial charge < -0.3 is 16.3 Å². The van der Waals surface area contributed by atoms with Gasteiger partial charge in [-0.05, 0) is 42.8 Å². The van der Waals surface area contributed by atoms with Crippen LogP contribution in [0.2, 0.25) is 0 Å². The Kier molecular flexibility index (Phi) is 4.05. The number of hydrogen-bond acceptors (Lipinski definition) is 6. The van der Waals surface area contributed by atoms with Crippen LogP contribution in [0, 0.1) is 0 Å². The van der Waals surface area contributed by atoms with Crippen LogP contribution in [-0.2, 0) is 6.54 Å². The van der Waals surface area contributed by atoms with E-state index < -0.39 is 0 Å². The summed E-state index contributed by atoms with van der Waals surface area (Å²) >= 11 is 0. The van der Waals surface area contributed by atoms with Gasteiger partial charge in [0, 0.05) is 18.1 Å². The Morgan fingerprint density at radius 3 is 2.96 bits per heavy atom. The summed E-state index contributed by atoms with van der Waals surface area (Å²) in [6.45, 7) is 2.26. The first kappa shape index (κ1) is 14.8. The summed E-state index contributed by atoms with van der Waals surface area (Å²) in [5.41, 5.74) is 9.57. The molecule has 6 heteroatoms. The number of benzene rings is 1. The first-order chi connectivity index (χ1) is 11.2. The molecule has 0 unspecified atom stereocenters. The van der Waals surface area contributed by atoms with Crippen LogP contribution in [0.15, 0.2) is 53.8 Å². The smallest absolute Gasteiger partial charge is 0.150 e. The average Bonchev–Trinajstić information content (AvgIpc) is 2.60. The molecule has 23 heavy (non-hydrogen) atoms. The lowest BCUT2D eigenvalue weighted by Crippen LogP contribution is -2.08. The molecule has 2 heterocycles. The fraction of sp³-hybridized carbons (Fsp3) is 0.118. The van der Waals surface area contributed by atoms with Gasteiger partial charge in [0.2, 0.25) is 0 Å². The Hall–Kier alpha value is -3.15. The Morgan fingerprint density at radius 1 is 1.26 bits per heavy atom. The molecule has 1 aromatic carbocycles. The molecule has 0 aliphatic heterocycles. The standard InChI is InChI=1S/C17H17N5O/c1-11(22-23)15-7-5-14(18)17(21-15)20-10-12-4-6-16-13(9-12)3-2-8-19-16/h2-9,23H,10,18H2,1H3,(H,20,21). The third kappa shape index (κ3) is 3.21. The van der Waals surface area contributed by atoms with Crippen LogP contribution < -0.4 is 11.1 Å². The molecule has 0 saturated carbocycles. The van der Waals surface area contributed by atoms with E-state index in [0.29, 0.717) is 29.5 Å². The van der Waals surface area contributed by atoms with Gasteiger partial charge in [-0.15, -0.1) is 0 Å². The lowest BCUT2D eigenvalue weighted by molar-refractivity contribution is 0.319. The van der Waals surface area contributed by atoms with Crippen molar-refractivity contribution in [1.29, 1.82) is 0 Å². The Bertz CT molecular complexity index is 876. The third-order valence-corrected chi connectivity index (χ3v) is 3.57. The maximum absolute atomic E-state index is 8.85. The molecule has 3 aromatic rings. The van der Waals surface area contributed by atoms with E-state index in [9.17, 15) is 0 Å². The van der Waals surface area contributed by atoms with E-state index in [1.54, 1.807) is 25.3 Å². The number of anilines is 2. The molecule has 2 aromatic heterocycles. The Labute approximate surface area is 133 Å². The normalized spacial score (nSPS) is 11.6. The number of nitrogen functional groups attached to an aromatic ring is 1. The number of nitrogens with zero attached hydrogens (tertiary/aromatic N) is 3. The first-order valence-corrected chi connectivity index (χ1v) is 7.20. The topological polar surface area (TPSA) is 96.4 Å². The van der Waals surface area contributed by atoms with E-state index in [1.807, 2.05) is 24.3 Å². The predicted octanol–water partition coefficient (Wildman–Crippen LogP) is 3.02. The average molecular weight is 307 g/mol. The summed E-state index contributed by atoms with van der Waals surface area (Å²) in [4.78, 5) is 8.69. The van der Waals surface area contributed by atoms with E-state index in [-0.39, 0.29) is 0 Å². The van der Waals surface area contributed by atoms with Crippen LogP contribution in [0.5, 0.6) is 0 Å². The van der Waals surface area contributed by atoms with Crippen molar-refractivity contribution >= 4 is 28.1 Å². The highest BCUT2D eigenvalue weighted by molar-refractivity contribution is 5.97. The molecule has 4 N–H and O–H groups in total. The zero-order valence-electron chi connectivity index (χ0n) is 12.7. The monoisotopic (exact) mass is 307 g/mol. The molecule has 0 aliphatic carbocycles. The van der Waals surface area contributed by atoms with Gasteiger partial charge in [0.15, 0.2) is 0 Å². The van der Waals surface area contributed by atoms with Crippen molar-refractivity contribution in [2.75, 3.05) is 11.1 Å². The van der Waals surface area contributed by atoms with Crippen molar-refractivity contribution in [3.05, 3.63) is 59.9 Å². The molecule has 0 radical (unpaired) electrons. The van der Waals surface area contributed by atoms with Gasteiger partial charge in [0.05, 0.1) is 16.9 Å². The third-order valence-electron chi connectivity index (χ3n) is 3.57. The summed E-state index contributed by atoms with van der Waals surface area (Å²) in [6.07, 6.45) is 1.78. The predicted molar refractivity (Wildman–Crippen MR) is 91.7 cm³/mol. The second-order valence-corrected chi connectivity index (χ2v) is 5.20. The molecule has 0 atom stereocenters. The molecule has 6 nitrogen and oxygen atoms in total. The SMILES string of the molecule is CC(=NO)c1ccc(N)c(NCc2ccc3ncccc3c2)n1. The first-order valence-electron chi connectivity index (χ1n) is 7.20. The molecule has 0 bridgehead atoms. The fourth-order valence-electron chi connectivity index (χ4n) is 2.29. The summed E-state index contributed by atoms with van der Waals surface area (Å²) in [5.74, 6) is 0.566. The van der Waals surface area contributed by atoms with Crippen LogP contribution in [0.25, 0.3) is 10.9 Å². The van der Waals surface area contributed by atoms with E-state index in [2.05, 4.69) is 26.5 Å². The van der Waals surface area contributed by atoms with Crippen molar-refractivity contribution < 1.29 is 5.21 Å². The van der Waals surface area contributed by atoms with Gasteiger partial charge in [-0.25, -0.2) is 4.98 Å². The fourth-order valence-corrected chi connectivity index (χ4v) is 2.29. The molecular formula is C17H17N5O. The van der Waals surface area contributed by atoms with Gasteiger partial charge in [-0.1, -0.05) is 17.3 Å². The van der Waals surface area contributed by atoms with Crippen molar-refractivity contribution in [3.63, 3.8) is 0 Å². The number of nitrogens with one attached hydrogen (secondary N) is 1. The Morgan fingerprint density at radius 2 is 2.13 bits per heavy atom. The molecule has 0 amide bonds. The summed E-state index contributed by atoms with van der Waals surface area (Å²) < 4.78 is 0. The second kappa shape index (κ2) is 6.31. The zero-order chi connectivity index (χ0) is 16.2. The lowest BCUT2D eigenvalue weighted by atomic mass is 10.1. The van der Waals surface area contributed by atoms with E-state index >= 15 is 0 Å². The van der Waals surface area contributed by atoms with Gasteiger partial charge >= 0.3 is 0 Å². The molecule has 3 rings (SSSR count). The van der Waals surface area contributed by atoms with Crippen LogP contribution >= 0.6 is 0 Å². The minimum Gasteiger partial charge on any atom is -0.411 e. The summed E-state index contributed by atoms with van der Waals surface area (Å²) in [5, 5.41) is 16.3. The zero-order valence-corrected chi connectivity index (χ0v) is 12.7. The van der Waals surface area contributed by atoms with Gasteiger partial charge in [-0.3, -0.25) is 4.98 Å². The second-order valence-electron chi connectivity index (χ2n) is 5.20. The summed E-state index contributed by atoms with van der Waals surface area (Å²) in [6, 6.07) is 13.5. The minimum absolute atomic E-state index is 0.435. The number of aromatic nitrogens is 2. The molecule has 0 fully saturated rings. The number of fused-ring (bicyclic) bond motifs is 1. The highest BCUT2D eigenvalue weighted by Gasteiger charge is 2.06. The van der Waals surface area contributed by atoms with Crippen LogP contribution in [0.4, 0.5) is 11.5 Å². The molecular weight excluding hydrogens is 290 g/mol. The number of rotatable bonds is 4. The van der Waals surface area contributed by atoms with E-state index in [1.165, 1.54) is 0 Å². The number of pyridine rings is 2. The van der Waals surface area contributed by atoms with Crippen molar-refractivity contribution in [2.45, 2.75) is 13.5 Å². The van der Waals surface area contributed by atoms with Crippen LogP contribution in [0.3, 0.4) is 0 Å². The van der Waals surface area contributed by atoms with Gasteiger partial charge in [0.25, 0.3) is 0 Å². The number of oxime groups is 1. The van der Waals surface area contributed by atoms with Crippen LogP contribution in [-0.4, -0.2) is 20.9 Å². The van der Waals surface area contributed by atoms with Gasteiger partial charge in [0.1, 0.15) is 11.5 Å². The van der Waals surface area contributed by atoms with E-state index in [0.717, 1.165) is 16.5 Å². The maximum Gasteiger partial charge on any atom is 0.150 e. The molecule has 116 valence electrons. The van der Waals surface area contributed by atoms with Crippen LogP contribution in [0.1, 0.15) is 18.2 Å². The highest BCUT2D eigenvalue weighted by atomic mass is 16.4. The van der Waals surface area contributed by atoms with Crippen molar-refractivity contribution in [2.24, 2.45) is 5.16 Å². The van der Waals surface area contributed by atoms with E-state index in [4.69, 9.17) is 10.9 Å². The maximum atomic E-state index is 8.85. The van der Waals surface area contributed by atoms with Crippen molar-refractivity contribution in [3.8, 4) is 0 Å². The quantitative estimate of drug-likeness (QED) is 0.391. The number of hydrogen-bond donors (Lipinski definition) is 3.